The monoisotopic (exact) mass is 349 g/mol. The first-order valence-corrected chi connectivity index (χ1v) is 7.07. The van der Waals surface area contributed by atoms with E-state index in [1.165, 1.54) is 6.08 Å². The zero-order valence-corrected chi connectivity index (χ0v) is 12.5. The highest BCUT2D eigenvalue weighted by Crippen LogP contribution is 2.33. The lowest BCUT2D eigenvalue weighted by molar-refractivity contribution is -0.0943. The molecule has 1 aromatic carbocycles. The van der Waals surface area contributed by atoms with Crippen LogP contribution in [0, 0.1) is 0 Å². The summed E-state index contributed by atoms with van der Waals surface area (Å²) < 4.78 is 38.4. The molecule has 1 aliphatic rings. The predicted molar refractivity (Wildman–Crippen MR) is 75.7 cm³/mol. The predicted octanol–water partition coefficient (Wildman–Crippen LogP) is 4.20. The first-order chi connectivity index (χ1) is 9.29. The summed E-state index contributed by atoms with van der Waals surface area (Å²) in [5, 5.41) is 9.55. The molecular formula is C14H15BrF3NO. The Morgan fingerprint density at radius 3 is 2.50 bits per heavy atom. The van der Waals surface area contributed by atoms with Crippen LogP contribution in [-0.4, -0.2) is 24.4 Å². The van der Waals surface area contributed by atoms with E-state index in [4.69, 9.17) is 0 Å². The molecule has 6 heteroatoms. The quantitative estimate of drug-likeness (QED) is 0.808. The summed E-state index contributed by atoms with van der Waals surface area (Å²) >= 11 is 3.38. The lowest BCUT2D eigenvalue weighted by Crippen LogP contribution is -2.31. The van der Waals surface area contributed by atoms with Crippen LogP contribution in [0.15, 0.2) is 34.3 Å². The summed E-state index contributed by atoms with van der Waals surface area (Å²) in [6.45, 7) is 2.25. The van der Waals surface area contributed by atoms with Gasteiger partial charge in [-0.1, -0.05) is 28.1 Å². The van der Waals surface area contributed by atoms with E-state index in [1.54, 1.807) is 13.0 Å². The van der Waals surface area contributed by atoms with E-state index < -0.39 is 17.9 Å². The Hall–Kier alpha value is -1.01. The van der Waals surface area contributed by atoms with Gasteiger partial charge in [-0.2, -0.15) is 13.2 Å². The highest BCUT2D eigenvalue weighted by molar-refractivity contribution is 9.10. The van der Waals surface area contributed by atoms with Gasteiger partial charge in [-0.15, -0.1) is 0 Å². The summed E-state index contributed by atoms with van der Waals surface area (Å²) in [5.74, 6) is 0. The van der Waals surface area contributed by atoms with E-state index in [0.717, 1.165) is 15.7 Å². The third-order valence-corrected chi connectivity index (χ3v) is 4.06. The van der Waals surface area contributed by atoms with Gasteiger partial charge in [0.05, 0.1) is 6.10 Å². The lowest BCUT2D eigenvalue weighted by Gasteiger charge is -2.29. The van der Waals surface area contributed by atoms with Crippen molar-refractivity contribution in [1.29, 1.82) is 0 Å². The molecule has 0 saturated heterocycles. The maximum atomic E-state index is 12.6. The maximum Gasteiger partial charge on any atom is 0.412 e. The second-order valence-electron chi connectivity index (χ2n) is 4.80. The van der Waals surface area contributed by atoms with Crippen molar-refractivity contribution in [2.45, 2.75) is 25.6 Å². The molecule has 0 unspecified atom stereocenters. The number of aliphatic hydroxyl groups is 1. The molecule has 1 heterocycles. The van der Waals surface area contributed by atoms with Crippen LogP contribution in [-0.2, 0) is 0 Å². The normalized spacial score (nSPS) is 17.9. The van der Waals surface area contributed by atoms with Gasteiger partial charge in [0.25, 0.3) is 0 Å². The molecule has 0 aliphatic carbocycles. The van der Waals surface area contributed by atoms with Crippen molar-refractivity contribution in [2.75, 3.05) is 18.0 Å². The maximum absolute atomic E-state index is 12.6. The van der Waals surface area contributed by atoms with Gasteiger partial charge >= 0.3 is 6.18 Å². The van der Waals surface area contributed by atoms with E-state index in [0.29, 0.717) is 6.54 Å². The van der Waals surface area contributed by atoms with E-state index in [-0.39, 0.29) is 13.0 Å². The van der Waals surface area contributed by atoms with Gasteiger partial charge in [0.1, 0.15) is 0 Å². The summed E-state index contributed by atoms with van der Waals surface area (Å²) in [6, 6.07) is 5.43. The molecule has 0 amide bonds. The van der Waals surface area contributed by atoms with Gasteiger partial charge in [-0.25, -0.2) is 0 Å². The fourth-order valence-corrected chi connectivity index (χ4v) is 2.91. The fourth-order valence-electron chi connectivity index (χ4n) is 2.21. The first kappa shape index (κ1) is 15.4. The Kier molecular flexibility index (Phi) is 4.44. The van der Waals surface area contributed by atoms with Crippen molar-refractivity contribution >= 4 is 21.6 Å². The van der Waals surface area contributed by atoms with Gasteiger partial charge in [-0.05, 0) is 31.0 Å². The molecule has 1 aromatic rings. The molecule has 110 valence electrons. The van der Waals surface area contributed by atoms with Crippen LogP contribution in [0.4, 0.5) is 18.9 Å². The molecule has 2 rings (SSSR count). The van der Waals surface area contributed by atoms with Gasteiger partial charge in [0, 0.05) is 28.8 Å². The molecule has 0 saturated carbocycles. The number of alkyl halides is 3. The summed E-state index contributed by atoms with van der Waals surface area (Å²) in [6.07, 6.45) is -3.57. The molecule has 0 bridgehead atoms. The lowest BCUT2D eigenvalue weighted by atomic mass is 10.1. The molecule has 1 N–H and O–H groups in total. The van der Waals surface area contributed by atoms with E-state index in [9.17, 15) is 18.3 Å². The average molecular weight is 350 g/mol. The first-order valence-electron chi connectivity index (χ1n) is 6.27. The molecular weight excluding hydrogens is 335 g/mol. The molecule has 1 atom stereocenters. The third kappa shape index (κ3) is 3.35. The summed E-state index contributed by atoms with van der Waals surface area (Å²) in [5.41, 5.74) is 1.16. The van der Waals surface area contributed by atoms with Crippen LogP contribution >= 0.6 is 15.9 Å². The van der Waals surface area contributed by atoms with Crippen LogP contribution in [0.1, 0.15) is 25.0 Å². The SMILES string of the molecule is C[C@H](O)c1ccc(N2CC=C(C(F)(F)F)CC2)cc1Br. The molecule has 20 heavy (non-hydrogen) atoms. The van der Waals surface area contributed by atoms with Crippen molar-refractivity contribution in [2.24, 2.45) is 0 Å². The Morgan fingerprint density at radius 2 is 2.05 bits per heavy atom. The number of aliphatic hydroxyl groups excluding tert-OH is 1. The number of hydrogen-bond acceptors (Lipinski definition) is 2. The fraction of sp³-hybridized carbons (Fsp3) is 0.429. The van der Waals surface area contributed by atoms with Crippen LogP contribution in [0.2, 0.25) is 0 Å². The molecule has 0 fully saturated rings. The zero-order chi connectivity index (χ0) is 14.9. The van der Waals surface area contributed by atoms with Crippen LogP contribution < -0.4 is 4.90 Å². The Balaban J connectivity index is 2.15. The van der Waals surface area contributed by atoms with Crippen molar-refractivity contribution in [3.05, 3.63) is 39.9 Å². The highest BCUT2D eigenvalue weighted by atomic mass is 79.9. The second kappa shape index (κ2) is 5.77. The molecule has 0 spiro atoms. The topological polar surface area (TPSA) is 23.5 Å². The Labute approximate surface area is 124 Å². The summed E-state index contributed by atoms with van der Waals surface area (Å²) in [7, 11) is 0. The van der Waals surface area contributed by atoms with E-state index >= 15 is 0 Å². The van der Waals surface area contributed by atoms with E-state index in [2.05, 4.69) is 15.9 Å². The van der Waals surface area contributed by atoms with Gasteiger partial charge < -0.3 is 10.0 Å². The van der Waals surface area contributed by atoms with Gasteiger partial charge in [0.15, 0.2) is 0 Å². The number of rotatable bonds is 2. The Morgan fingerprint density at radius 1 is 1.35 bits per heavy atom. The van der Waals surface area contributed by atoms with Crippen molar-refractivity contribution in [3.63, 3.8) is 0 Å². The second-order valence-corrected chi connectivity index (χ2v) is 5.66. The largest absolute Gasteiger partial charge is 0.412 e. The minimum Gasteiger partial charge on any atom is -0.389 e. The van der Waals surface area contributed by atoms with Crippen molar-refractivity contribution in [3.8, 4) is 0 Å². The van der Waals surface area contributed by atoms with E-state index in [1.807, 2.05) is 17.0 Å². The standard InChI is InChI=1S/C14H15BrF3NO/c1-9(20)12-3-2-11(8-13(12)15)19-6-4-10(5-7-19)14(16,17)18/h2-4,8-9,20H,5-7H2,1H3/t9-/m0/s1. The number of halogens is 4. The van der Waals surface area contributed by atoms with Crippen LogP contribution in [0.3, 0.4) is 0 Å². The number of benzene rings is 1. The smallest absolute Gasteiger partial charge is 0.389 e. The average Bonchev–Trinajstić information content (AvgIpc) is 2.37. The van der Waals surface area contributed by atoms with Crippen molar-refractivity contribution in [1.82, 2.24) is 0 Å². The van der Waals surface area contributed by atoms with Crippen LogP contribution in [0.25, 0.3) is 0 Å². The van der Waals surface area contributed by atoms with Gasteiger partial charge in [0.2, 0.25) is 0 Å². The minimum atomic E-state index is -4.22. The number of hydrogen-bond donors (Lipinski definition) is 1. The van der Waals surface area contributed by atoms with Crippen molar-refractivity contribution < 1.29 is 18.3 Å². The molecule has 0 radical (unpaired) electrons. The summed E-state index contributed by atoms with van der Waals surface area (Å²) in [4.78, 5) is 1.88. The minimum absolute atomic E-state index is 0.000721. The number of anilines is 1. The molecule has 0 aromatic heterocycles. The zero-order valence-electron chi connectivity index (χ0n) is 10.9. The van der Waals surface area contributed by atoms with Crippen LogP contribution in [0.5, 0.6) is 0 Å². The Bertz CT molecular complexity index is 526. The molecule has 2 nitrogen and oxygen atoms in total. The highest BCUT2D eigenvalue weighted by Gasteiger charge is 2.34. The number of nitrogens with zero attached hydrogens (tertiary/aromatic N) is 1. The third-order valence-electron chi connectivity index (χ3n) is 3.37. The molecule has 1 aliphatic heterocycles. The van der Waals surface area contributed by atoms with Gasteiger partial charge in [-0.3, -0.25) is 0 Å².